The van der Waals surface area contributed by atoms with Crippen molar-refractivity contribution in [3.63, 3.8) is 0 Å². The highest BCUT2D eigenvalue weighted by Crippen LogP contribution is 2.34. The van der Waals surface area contributed by atoms with E-state index >= 15 is 0 Å². The van der Waals surface area contributed by atoms with Gasteiger partial charge in [-0.1, -0.05) is 0 Å². The maximum absolute atomic E-state index is 11.8. The van der Waals surface area contributed by atoms with Crippen LogP contribution >= 0.6 is 0 Å². The Balaban J connectivity index is 1.24. The molecule has 5 aliphatic heterocycles. The summed E-state index contributed by atoms with van der Waals surface area (Å²) >= 11 is 0. The Kier molecular flexibility index (Phi) is 19.9. The van der Waals surface area contributed by atoms with Gasteiger partial charge in [-0.25, -0.2) is 0 Å². The molecule has 0 spiro atoms. The Labute approximate surface area is 335 Å². The quantitative estimate of drug-likeness (QED) is 0.0538. The summed E-state index contributed by atoms with van der Waals surface area (Å²) in [5.74, 6) is 0. The molecule has 0 aromatic carbocycles. The van der Waals surface area contributed by atoms with Crippen LogP contribution in [0.3, 0.4) is 0 Å². The van der Waals surface area contributed by atoms with E-state index in [4.69, 9.17) is 63.8 Å². The lowest BCUT2D eigenvalue weighted by atomic mass is 10.5. The first-order chi connectivity index (χ1) is 26.4. The fraction of sp³-hybridized carbons (Fsp3) is 1.00. The Morgan fingerprint density at radius 3 is 1.16 bits per heavy atom. The number of rotatable bonds is 38. The van der Waals surface area contributed by atoms with E-state index in [0.717, 1.165) is 70.8 Å². The fourth-order valence-electron chi connectivity index (χ4n) is 6.52. The third kappa shape index (κ3) is 22.1. The van der Waals surface area contributed by atoms with E-state index in [1.165, 1.54) is 0 Å². The monoisotopic (exact) mass is 871 g/mol. The average Bonchev–Trinajstić information content (AvgIpc) is 3.91. The van der Waals surface area contributed by atoms with Crippen molar-refractivity contribution in [1.29, 1.82) is 0 Å². The zero-order valence-electron chi connectivity index (χ0n) is 34.2. The van der Waals surface area contributed by atoms with Gasteiger partial charge in [-0.2, -0.15) is 0 Å². The highest BCUT2D eigenvalue weighted by Gasteiger charge is 2.50. The van der Waals surface area contributed by atoms with Crippen LogP contribution in [0.4, 0.5) is 0 Å². The summed E-state index contributed by atoms with van der Waals surface area (Å²) in [6.07, 6.45) is 5.15. The van der Waals surface area contributed by atoms with E-state index in [1.807, 2.05) is 6.55 Å². The van der Waals surface area contributed by atoms with Crippen molar-refractivity contribution in [2.75, 3.05) is 99.1 Å². The average molecular weight is 872 g/mol. The number of hydrogen-bond acceptors (Lipinski definition) is 15. The maximum Gasteiger partial charge on any atom is 0.323 e. The molecule has 0 amide bonds. The molecule has 5 rings (SSSR count). The predicted octanol–water partition coefficient (Wildman–Crippen LogP) is 3.98. The summed E-state index contributed by atoms with van der Waals surface area (Å²) in [4.78, 5) is 11.8. The van der Waals surface area contributed by atoms with Crippen LogP contribution in [0, 0.1) is 0 Å². The lowest BCUT2D eigenvalue weighted by Gasteiger charge is -2.44. The Bertz CT molecular complexity index is 1070. The van der Waals surface area contributed by atoms with E-state index in [2.05, 4.69) is 26.2 Å². The van der Waals surface area contributed by atoms with Crippen molar-refractivity contribution in [1.82, 2.24) is 0 Å². The summed E-state index contributed by atoms with van der Waals surface area (Å²) in [6.45, 7) is 20.6. The zero-order chi connectivity index (χ0) is 39.0. The molecule has 0 aliphatic carbocycles. The summed E-state index contributed by atoms with van der Waals surface area (Å²) in [6, 6.07) is 3.68. The van der Waals surface area contributed by atoms with E-state index in [1.54, 1.807) is 0 Å². The number of ether oxygens (including phenoxy) is 10. The molecule has 0 aromatic rings. The zero-order valence-corrected chi connectivity index (χ0v) is 39.2. The van der Waals surface area contributed by atoms with Crippen LogP contribution in [0.1, 0.15) is 32.1 Å². The second kappa shape index (κ2) is 23.5. The molecule has 5 aliphatic rings. The van der Waals surface area contributed by atoms with Crippen LogP contribution in [-0.2, 0) is 63.8 Å². The molecule has 0 saturated carbocycles. The van der Waals surface area contributed by atoms with Gasteiger partial charge in [0.2, 0.25) is 0 Å². The first-order valence-electron chi connectivity index (χ1n) is 20.7. The second-order valence-electron chi connectivity index (χ2n) is 16.4. The van der Waals surface area contributed by atoms with Crippen LogP contribution in [0.25, 0.3) is 0 Å². The highest BCUT2D eigenvalue weighted by atomic mass is 28.5. The van der Waals surface area contributed by atoms with Crippen LogP contribution in [0.2, 0.25) is 63.0 Å². The van der Waals surface area contributed by atoms with Crippen molar-refractivity contribution in [2.24, 2.45) is 0 Å². The molecule has 5 saturated heterocycles. The van der Waals surface area contributed by atoms with Gasteiger partial charge in [-0.05, 0) is 95.1 Å². The largest absolute Gasteiger partial charge is 0.436 e. The molecule has 5 heterocycles. The molecule has 5 fully saturated rings. The van der Waals surface area contributed by atoms with Crippen LogP contribution in [-0.4, -0.2) is 178 Å². The summed E-state index contributed by atoms with van der Waals surface area (Å²) in [5.41, 5.74) is 0. The van der Waals surface area contributed by atoms with Gasteiger partial charge in [0.15, 0.2) is 9.04 Å². The van der Waals surface area contributed by atoms with Gasteiger partial charge in [0.1, 0.15) is 30.5 Å². The number of epoxide rings is 5. The van der Waals surface area contributed by atoms with E-state index in [9.17, 15) is 4.80 Å². The minimum Gasteiger partial charge on any atom is -0.436 e. The first kappa shape index (κ1) is 46.5. The van der Waals surface area contributed by atoms with Crippen LogP contribution < -0.4 is 0 Å². The molecule has 1 radical (unpaired) electrons. The lowest BCUT2D eigenvalue weighted by molar-refractivity contribution is 0.113. The molecule has 1 N–H and O–H groups in total. The Morgan fingerprint density at radius 2 is 0.782 bits per heavy atom. The van der Waals surface area contributed by atoms with E-state index in [0.29, 0.717) is 90.6 Å². The Morgan fingerprint density at radius 1 is 0.473 bits per heavy atom. The van der Waals surface area contributed by atoms with Gasteiger partial charge in [0, 0.05) is 33.0 Å². The number of hydrogen-bond donors (Lipinski definition) is 1. The lowest BCUT2D eigenvalue weighted by Crippen LogP contribution is -2.61. The van der Waals surface area contributed by atoms with Crippen molar-refractivity contribution in [2.45, 2.75) is 126 Å². The van der Waals surface area contributed by atoms with E-state index in [-0.39, 0.29) is 30.5 Å². The smallest absolute Gasteiger partial charge is 0.323 e. The van der Waals surface area contributed by atoms with Gasteiger partial charge in [0.05, 0.1) is 66.1 Å². The molecule has 55 heavy (non-hydrogen) atoms. The van der Waals surface area contributed by atoms with Crippen LogP contribution in [0.15, 0.2) is 0 Å². The molecule has 9 atom stereocenters. The van der Waals surface area contributed by atoms with Crippen molar-refractivity contribution >= 4 is 43.3 Å². The molecule has 0 aromatic heterocycles. The maximum atomic E-state index is 11.8. The van der Waals surface area contributed by atoms with Crippen molar-refractivity contribution in [3.8, 4) is 0 Å². The predicted molar refractivity (Wildman–Crippen MR) is 215 cm³/mol. The third-order valence-electron chi connectivity index (χ3n) is 9.73. The summed E-state index contributed by atoms with van der Waals surface area (Å²) in [5, 5.41) is 0. The summed E-state index contributed by atoms with van der Waals surface area (Å²) < 4.78 is 84.8. The molecular formula is C35H71O15Si5. The molecule has 15 nitrogen and oxygen atoms in total. The van der Waals surface area contributed by atoms with Gasteiger partial charge in [0.25, 0.3) is 0 Å². The molecule has 20 heteroatoms. The summed E-state index contributed by atoms with van der Waals surface area (Å²) in [7, 11) is -13.2. The SMILES string of the molecule is C[Si](CCCOCC1CO1)O[Si](C)(CCCOCC1CO1)O[Si](C)(CCCOCC1CO1)O[Si](C)(CCCOCC1CO1)O[Si](C)(O)CCCOCC1CO1. The van der Waals surface area contributed by atoms with Gasteiger partial charge in [-0.3, -0.25) is 0 Å². The fourth-order valence-corrected chi connectivity index (χ4v) is 29.2. The first-order valence-corrected chi connectivity index (χ1v) is 33.0. The van der Waals surface area contributed by atoms with Crippen molar-refractivity contribution < 1.29 is 68.6 Å². The molecule has 0 bridgehead atoms. The minimum atomic E-state index is -3.14. The molecular weight excluding hydrogens is 801 g/mol. The topological polar surface area (TPSA) is 166 Å². The van der Waals surface area contributed by atoms with Crippen LogP contribution in [0.5, 0.6) is 0 Å². The molecule has 321 valence electrons. The normalized spacial score (nSPS) is 28.3. The Hall–Kier alpha value is 0.484. The molecule has 9 unspecified atom stereocenters. The standard InChI is InChI=1S/C35H71O15Si5/c1-51(16-6-11-37-21-31-26-42-31)47-53(3,18-8-13-39-23-33-28-44-33)49-55(5,20-10-15-41-25-35-30-46-35)50-54(4,19-9-14-40-24-34-29-45-34)48-52(2,36)17-7-12-38-22-32-27-43-32/h31-36H,6-30H2,1-5H3. The van der Waals surface area contributed by atoms with Crippen molar-refractivity contribution in [3.05, 3.63) is 0 Å². The minimum absolute atomic E-state index is 0.209. The van der Waals surface area contributed by atoms with Gasteiger partial charge >= 0.3 is 34.2 Å². The van der Waals surface area contributed by atoms with Gasteiger partial charge in [-0.15, -0.1) is 0 Å². The van der Waals surface area contributed by atoms with Gasteiger partial charge < -0.3 is 68.6 Å². The highest BCUT2D eigenvalue weighted by molar-refractivity contribution is 6.89. The second-order valence-corrected chi connectivity index (χ2v) is 32.7. The van der Waals surface area contributed by atoms with E-state index < -0.39 is 43.3 Å². The third-order valence-corrected chi connectivity index (χ3v) is 29.4.